The van der Waals surface area contributed by atoms with Crippen LogP contribution in [0.25, 0.3) is 11.0 Å². The Hall–Kier alpha value is -2.21. The second-order valence-electron chi connectivity index (χ2n) is 4.20. The number of carbonyl (C=O) groups is 1. The number of hydrogen-bond acceptors (Lipinski definition) is 4. The maximum atomic E-state index is 11.3. The van der Waals surface area contributed by atoms with Gasteiger partial charge in [-0.15, -0.1) is 11.3 Å². The van der Waals surface area contributed by atoms with Crippen molar-refractivity contribution >= 4 is 28.3 Å². The van der Waals surface area contributed by atoms with Gasteiger partial charge < -0.3 is 9.67 Å². The molecule has 0 amide bonds. The van der Waals surface area contributed by atoms with Crippen molar-refractivity contribution in [3.8, 4) is 0 Å². The number of para-hydroxylation sites is 1. The minimum atomic E-state index is -0.937. The number of fused-ring (bicyclic) bond motifs is 1. The van der Waals surface area contributed by atoms with E-state index < -0.39 is 5.97 Å². The molecule has 0 saturated heterocycles. The fourth-order valence-electron chi connectivity index (χ4n) is 2.07. The first-order chi connectivity index (χ1) is 9.15. The van der Waals surface area contributed by atoms with Gasteiger partial charge in [0.15, 0.2) is 0 Å². The molecule has 0 bridgehead atoms. The van der Waals surface area contributed by atoms with Gasteiger partial charge in [0, 0.05) is 11.1 Å². The molecule has 3 aromatic rings. The quantitative estimate of drug-likeness (QED) is 0.796. The third kappa shape index (κ3) is 2.10. The van der Waals surface area contributed by atoms with Crippen LogP contribution in [-0.2, 0) is 6.54 Å². The van der Waals surface area contributed by atoms with Crippen molar-refractivity contribution in [1.29, 1.82) is 0 Å². The van der Waals surface area contributed by atoms with Gasteiger partial charge in [0.2, 0.25) is 0 Å². The summed E-state index contributed by atoms with van der Waals surface area (Å²) in [7, 11) is 0. The molecule has 0 unspecified atom stereocenters. The van der Waals surface area contributed by atoms with Crippen LogP contribution in [0.5, 0.6) is 0 Å². The van der Waals surface area contributed by atoms with E-state index in [1.807, 2.05) is 23.8 Å². The molecule has 2 aromatic heterocycles. The summed E-state index contributed by atoms with van der Waals surface area (Å²) in [5.74, 6) is -0.937. The van der Waals surface area contributed by atoms with Crippen molar-refractivity contribution in [1.82, 2.24) is 14.5 Å². The summed E-state index contributed by atoms with van der Waals surface area (Å²) in [4.78, 5) is 20.8. The number of carboxylic acids is 1. The summed E-state index contributed by atoms with van der Waals surface area (Å²) in [6, 6.07) is 5.12. The fraction of sp³-hybridized carbons (Fsp3) is 0.154. The number of thiazole rings is 1. The molecule has 0 saturated carbocycles. The van der Waals surface area contributed by atoms with Crippen LogP contribution in [0.3, 0.4) is 0 Å². The molecule has 96 valence electrons. The predicted octanol–water partition coefficient (Wildman–Crippen LogP) is 2.55. The highest BCUT2D eigenvalue weighted by atomic mass is 32.1. The molecule has 0 aliphatic rings. The summed E-state index contributed by atoms with van der Waals surface area (Å²) < 4.78 is 1.85. The van der Waals surface area contributed by atoms with E-state index in [0.717, 1.165) is 9.88 Å². The molecule has 6 heteroatoms. The summed E-state index contributed by atoms with van der Waals surface area (Å²) in [6.07, 6.45) is 3.49. The van der Waals surface area contributed by atoms with E-state index >= 15 is 0 Å². The standard InChI is InChI=1S/C13H11N3O2S/c1-8-14-5-9(19-8)6-16-7-15-11-4-2-3-10(12(11)16)13(17)18/h2-5,7H,6H2,1H3,(H,17,18). The first kappa shape index (κ1) is 11.9. The number of aryl methyl sites for hydroxylation is 1. The normalized spacial score (nSPS) is 11.0. The molecule has 0 fully saturated rings. The Morgan fingerprint density at radius 3 is 2.95 bits per heavy atom. The Morgan fingerprint density at radius 2 is 2.26 bits per heavy atom. The molecule has 19 heavy (non-hydrogen) atoms. The highest BCUT2D eigenvalue weighted by Gasteiger charge is 2.13. The fourth-order valence-corrected chi connectivity index (χ4v) is 2.86. The van der Waals surface area contributed by atoms with Crippen molar-refractivity contribution < 1.29 is 9.90 Å². The summed E-state index contributed by atoms with van der Waals surface area (Å²) in [5.41, 5.74) is 1.62. The third-order valence-corrected chi connectivity index (χ3v) is 3.76. The minimum absolute atomic E-state index is 0.274. The molecule has 5 nitrogen and oxygen atoms in total. The SMILES string of the molecule is Cc1ncc(Cn2cnc3cccc(C(=O)O)c32)s1. The monoisotopic (exact) mass is 273 g/mol. The first-order valence-electron chi connectivity index (χ1n) is 5.73. The lowest BCUT2D eigenvalue weighted by atomic mass is 10.2. The molecule has 0 atom stereocenters. The average molecular weight is 273 g/mol. The number of hydrogen-bond donors (Lipinski definition) is 1. The zero-order valence-electron chi connectivity index (χ0n) is 10.2. The van der Waals surface area contributed by atoms with Crippen LogP contribution in [0.15, 0.2) is 30.7 Å². The summed E-state index contributed by atoms with van der Waals surface area (Å²) in [6.45, 7) is 2.54. The van der Waals surface area contributed by atoms with Crippen LogP contribution < -0.4 is 0 Å². The number of aromatic carboxylic acids is 1. The minimum Gasteiger partial charge on any atom is -0.478 e. The molecule has 0 aliphatic heterocycles. The van der Waals surface area contributed by atoms with Gasteiger partial charge >= 0.3 is 5.97 Å². The van der Waals surface area contributed by atoms with E-state index in [0.29, 0.717) is 17.6 Å². The molecule has 2 heterocycles. The zero-order chi connectivity index (χ0) is 13.4. The van der Waals surface area contributed by atoms with Gasteiger partial charge in [-0.1, -0.05) is 6.07 Å². The predicted molar refractivity (Wildman–Crippen MR) is 72.6 cm³/mol. The van der Waals surface area contributed by atoms with Crippen molar-refractivity contribution in [3.63, 3.8) is 0 Å². The maximum absolute atomic E-state index is 11.3. The van der Waals surface area contributed by atoms with Gasteiger partial charge in [-0.3, -0.25) is 0 Å². The Morgan fingerprint density at radius 1 is 1.42 bits per heavy atom. The average Bonchev–Trinajstić information content (AvgIpc) is 2.97. The van der Waals surface area contributed by atoms with E-state index in [2.05, 4.69) is 9.97 Å². The van der Waals surface area contributed by atoms with Crippen LogP contribution in [-0.4, -0.2) is 25.6 Å². The smallest absolute Gasteiger partial charge is 0.337 e. The Labute approximate surface area is 113 Å². The third-order valence-electron chi connectivity index (χ3n) is 2.86. The number of aromatic nitrogens is 3. The van der Waals surface area contributed by atoms with E-state index in [1.54, 1.807) is 29.8 Å². The molecular weight excluding hydrogens is 262 g/mol. The van der Waals surface area contributed by atoms with E-state index in [9.17, 15) is 9.90 Å². The Balaban J connectivity index is 2.11. The number of nitrogens with zero attached hydrogens (tertiary/aromatic N) is 3. The lowest BCUT2D eigenvalue weighted by Gasteiger charge is -2.04. The topological polar surface area (TPSA) is 68.0 Å². The lowest BCUT2D eigenvalue weighted by Crippen LogP contribution is -2.03. The number of carboxylic acid groups (broad SMARTS) is 1. The van der Waals surface area contributed by atoms with Gasteiger partial charge in [-0.05, 0) is 19.1 Å². The van der Waals surface area contributed by atoms with Crippen LogP contribution in [0, 0.1) is 6.92 Å². The molecule has 0 radical (unpaired) electrons. The molecule has 0 spiro atoms. The van der Waals surface area contributed by atoms with Crippen molar-refractivity contribution in [2.75, 3.05) is 0 Å². The van der Waals surface area contributed by atoms with Gasteiger partial charge in [0.25, 0.3) is 0 Å². The van der Waals surface area contributed by atoms with Crippen molar-refractivity contribution in [2.24, 2.45) is 0 Å². The van der Waals surface area contributed by atoms with Crippen molar-refractivity contribution in [2.45, 2.75) is 13.5 Å². The van der Waals surface area contributed by atoms with E-state index in [-0.39, 0.29) is 5.56 Å². The largest absolute Gasteiger partial charge is 0.478 e. The summed E-state index contributed by atoms with van der Waals surface area (Å²) in [5, 5.41) is 10.2. The van der Waals surface area contributed by atoms with Crippen LogP contribution >= 0.6 is 11.3 Å². The lowest BCUT2D eigenvalue weighted by molar-refractivity contribution is 0.0698. The highest BCUT2D eigenvalue weighted by Crippen LogP contribution is 2.21. The molecule has 3 rings (SSSR count). The van der Waals surface area contributed by atoms with Gasteiger partial charge in [0.05, 0.1) is 34.5 Å². The first-order valence-corrected chi connectivity index (χ1v) is 6.55. The zero-order valence-corrected chi connectivity index (χ0v) is 11.0. The second-order valence-corrected chi connectivity index (χ2v) is 5.52. The second kappa shape index (κ2) is 4.47. The molecule has 1 aromatic carbocycles. The molecule has 1 N–H and O–H groups in total. The maximum Gasteiger partial charge on any atom is 0.337 e. The van der Waals surface area contributed by atoms with Gasteiger partial charge in [-0.25, -0.2) is 14.8 Å². The van der Waals surface area contributed by atoms with Crippen LogP contribution in [0.2, 0.25) is 0 Å². The van der Waals surface area contributed by atoms with Crippen LogP contribution in [0.1, 0.15) is 20.2 Å². The van der Waals surface area contributed by atoms with Gasteiger partial charge in [0.1, 0.15) is 0 Å². The van der Waals surface area contributed by atoms with Crippen LogP contribution in [0.4, 0.5) is 0 Å². The molecular formula is C13H11N3O2S. The van der Waals surface area contributed by atoms with E-state index in [4.69, 9.17) is 0 Å². The van der Waals surface area contributed by atoms with E-state index in [1.165, 1.54) is 0 Å². The number of rotatable bonds is 3. The number of imidazole rings is 1. The Bertz CT molecular complexity index is 760. The molecule has 0 aliphatic carbocycles. The summed E-state index contributed by atoms with van der Waals surface area (Å²) >= 11 is 1.60. The van der Waals surface area contributed by atoms with Gasteiger partial charge in [-0.2, -0.15) is 0 Å². The highest BCUT2D eigenvalue weighted by molar-refractivity contribution is 7.11. The Kier molecular flexibility index (Phi) is 2.79. The van der Waals surface area contributed by atoms with Crippen molar-refractivity contribution in [3.05, 3.63) is 46.2 Å². The number of benzene rings is 1.